The SMILES string of the molecule is CNC(=O)c1cc(S(=O)(=O)NC)ccc1NCC1CCC(F)(F)CC1. The van der Waals surface area contributed by atoms with E-state index in [0.29, 0.717) is 25.1 Å². The van der Waals surface area contributed by atoms with Gasteiger partial charge in [-0.2, -0.15) is 0 Å². The summed E-state index contributed by atoms with van der Waals surface area (Å²) in [4.78, 5) is 12.1. The summed E-state index contributed by atoms with van der Waals surface area (Å²) in [6, 6.07) is 4.21. The number of hydrogen-bond acceptors (Lipinski definition) is 4. The lowest BCUT2D eigenvalue weighted by Gasteiger charge is -2.28. The fourth-order valence-electron chi connectivity index (χ4n) is 2.84. The van der Waals surface area contributed by atoms with Crippen LogP contribution in [0.4, 0.5) is 14.5 Å². The van der Waals surface area contributed by atoms with Crippen LogP contribution in [0.1, 0.15) is 36.0 Å². The zero-order chi connectivity index (χ0) is 18.7. The molecule has 0 radical (unpaired) electrons. The van der Waals surface area contributed by atoms with Crippen LogP contribution in [0.2, 0.25) is 0 Å². The summed E-state index contributed by atoms with van der Waals surface area (Å²) in [6.45, 7) is 0.457. The van der Waals surface area contributed by atoms with E-state index in [1.807, 2.05) is 0 Å². The Morgan fingerprint density at radius 1 is 1.24 bits per heavy atom. The molecule has 0 aromatic heterocycles. The number of halogens is 2. The summed E-state index contributed by atoms with van der Waals surface area (Å²) in [6.07, 6.45) is 0.588. The van der Waals surface area contributed by atoms with Crippen LogP contribution in [-0.4, -0.2) is 40.9 Å². The number of alkyl halides is 2. The Morgan fingerprint density at radius 3 is 2.44 bits per heavy atom. The van der Waals surface area contributed by atoms with E-state index < -0.39 is 21.9 Å². The van der Waals surface area contributed by atoms with Crippen LogP contribution in [0.5, 0.6) is 0 Å². The minimum Gasteiger partial charge on any atom is -0.384 e. The maximum atomic E-state index is 13.2. The standard InChI is InChI=1S/C16H23F2N3O3S/c1-19-15(22)13-9-12(25(23,24)20-2)3-4-14(13)21-10-11-5-7-16(17,18)8-6-11/h3-4,9,11,20-21H,5-8,10H2,1-2H3,(H,19,22). The lowest BCUT2D eigenvalue weighted by atomic mass is 9.87. The maximum Gasteiger partial charge on any atom is 0.253 e. The average molecular weight is 375 g/mol. The van der Waals surface area contributed by atoms with Gasteiger partial charge in [-0.1, -0.05) is 0 Å². The van der Waals surface area contributed by atoms with Gasteiger partial charge in [0.15, 0.2) is 0 Å². The highest BCUT2D eigenvalue weighted by molar-refractivity contribution is 7.89. The molecule has 1 saturated carbocycles. The number of carbonyl (C=O) groups is 1. The van der Waals surface area contributed by atoms with Gasteiger partial charge in [0.1, 0.15) is 0 Å². The highest BCUT2D eigenvalue weighted by Gasteiger charge is 2.34. The van der Waals surface area contributed by atoms with Crippen molar-refractivity contribution in [1.29, 1.82) is 0 Å². The molecule has 6 nitrogen and oxygen atoms in total. The van der Waals surface area contributed by atoms with Gasteiger partial charge in [0.25, 0.3) is 5.91 Å². The van der Waals surface area contributed by atoms with Gasteiger partial charge in [0, 0.05) is 32.1 Å². The second-order valence-corrected chi connectivity index (χ2v) is 8.06. The van der Waals surface area contributed by atoms with Crippen LogP contribution < -0.4 is 15.4 Å². The molecule has 2 rings (SSSR count). The molecule has 0 spiro atoms. The van der Waals surface area contributed by atoms with Gasteiger partial charge in [0.2, 0.25) is 15.9 Å². The van der Waals surface area contributed by atoms with Crippen LogP contribution in [0.25, 0.3) is 0 Å². The third-order valence-electron chi connectivity index (χ3n) is 4.46. The monoisotopic (exact) mass is 375 g/mol. The lowest BCUT2D eigenvalue weighted by molar-refractivity contribution is -0.0443. The van der Waals surface area contributed by atoms with E-state index in [9.17, 15) is 22.0 Å². The molecule has 1 aliphatic rings. The van der Waals surface area contributed by atoms with Gasteiger partial charge in [0.05, 0.1) is 10.5 Å². The Kier molecular flexibility index (Phi) is 5.99. The van der Waals surface area contributed by atoms with Crippen molar-refractivity contribution >= 4 is 21.6 Å². The number of amides is 1. The molecule has 0 bridgehead atoms. The van der Waals surface area contributed by atoms with E-state index in [4.69, 9.17) is 0 Å². The van der Waals surface area contributed by atoms with Crippen molar-refractivity contribution in [3.05, 3.63) is 23.8 Å². The third kappa shape index (κ3) is 4.88. The minimum absolute atomic E-state index is 0.0172. The third-order valence-corrected chi connectivity index (χ3v) is 5.87. The largest absolute Gasteiger partial charge is 0.384 e. The first-order chi connectivity index (χ1) is 11.7. The predicted molar refractivity (Wildman–Crippen MR) is 91.5 cm³/mol. The molecule has 0 saturated heterocycles. The molecule has 1 fully saturated rings. The van der Waals surface area contributed by atoms with E-state index >= 15 is 0 Å². The summed E-state index contributed by atoms with van der Waals surface area (Å²) >= 11 is 0. The van der Waals surface area contributed by atoms with Gasteiger partial charge in [-0.3, -0.25) is 4.79 Å². The number of nitrogens with one attached hydrogen (secondary N) is 3. The minimum atomic E-state index is -3.67. The van der Waals surface area contributed by atoms with Gasteiger partial charge < -0.3 is 10.6 Å². The highest BCUT2D eigenvalue weighted by Crippen LogP contribution is 2.36. The number of sulfonamides is 1. The van der Waals surface area contributed by atoms with Gasteiger partial charge >= 0.3 is 0 Å². The average Bonchev–Trinajstić information content (AvgIpc) is 2.60. The molecular formula is C16H23F2N3O3S. The first-order valence-electron chi connectivity index (χ1n) is 8.10. The summed E-state index contributed by atoms with van der Waals surface area (Å²) in [7, 11) is -0.924. The Hall–Kier alpha value is -1.74. The van der Waals surface area contributed by atoms with Gasteiger partial charge in [-0.25, -0.2) is 21.9 Å². The molecule has 1 amide bonds. The normalized spacial score (nSPS) is 17.9. The molecule has 0 unspecified atom stereocenters. The van der Waals surface area contributed by atoms with E-state index in [2.05, 4.69) is 15.4 Å². The van der Waals surface area contributed by atoms with Crippen molar-refractivity contribution in [2.45, 2.75) is 36.5 Å². The smallest absolute Gasteiger partial charge is 0.253 e. The van der Waals surface area contributed by atoms with Crippen LogP contribution in [0.15, 0.2) is 23.1 Å². The summed E-state index contributed by atoms with van der Waals surface area (Å²) < 4.78 is 52.4. The molecule has 3 N–H and O–H groups in total. The molecule has 1 aromatic carbocycles. The molecular weight excluding hydrogens is 352 g/mol. The zero-order valence-electron chi connectivity index (χ0n) is 14.2. The molecule has 1 aromatic rings. The van der Waals surface area contributed by atoms with E-state index in [-0.39, 0.29) is 29.2 Å². The quantitative estimate of drug-likeness (QED) is 0.711. The van der Waals surface area contributed by atoms with E-state index in [1.54, 1.807) is 0 Å². The van der Waals surface area contributed by atoms with E-state index in [1.165, 1.54) is 32.3 Å². The van der Waals surface area contributed by atoms with Crippen LogP contribution >= 0.6 is 0 Å². The number of carbonyl (C=O) groups excluding carboxylic acids is 1. The van der Waals surface area contributed by atoms with Crippen molar-refractivity contribution in [3.8, 4) is 0 Å². The Balaban J connectivity index is 2.16. The molecule has 9 heteroatoms. The topological polar surface area (TPSA) is 87.3 Å². The fraction of sp³-hybridized carbons (Fsp3) is 0.562. The fourth-order valence-corrected chi connectivity index (χ4v) is 3.60. The van der Waals surface area contributed by atoms with Crippen LogP contribution in [0, 0.1) is 5.92 Å². The lowest BCUT2D eigenvalue weighted by Crippen LogP contribution is -2.28. The van der Waals surface area contributed by atoms with Crippen molar-refractivity contribution < 1.29 is 22.0 Å². The summed E-state index contributed by atoms with van der Waals surface area (Å²) in [5.41, 5.74) is 0.673. The molecule has 0 heterocycles. The van der Waals surface area contributed by atoms with Gasteiger partial charge in [-0.15, -0.1) is 0 Å². The number of benzene rings is 1. The molecule has 25 heavy (non-hydrogen) atoms. The predicted octanol–water partition coefficient (Wildman–Crippen LogP) is 2.19. The highest BCUT2D eigenvalue weighted by atomic mass is 32.2. The second kappa shape index (κ2) is 7.65. The molecule has 0 aliphatic heterocycles. The number of anilines is 1. The van der Waals surface area contributed by atoms with Crippen molar-refractivity contribution in [1.82, 2.24) is 10.0 Å². The van der Waals surface area contributed by atoms with Crippen molar-refractivity contribution in [3.63, 3.8) is 0 Å². The van der Waals surface area contributed by atoms with Crippen molar-refractivity contribution in [2.24, 2.45) is 5.92 Å². The molecule has 1 aliphatic carbocycles. The Labute approximate surface area is 146 Å². The zero-order valence-corrected chi connectivity index (χ0v) is 15.1. The summed E-state index contributed by atoms with van der Waals surface area (Å²) in [5.74, 6) is -2.91. The second-order valence-electron chi connectivity index (χ2n) is 6.17. The number of rotatable bonds is 6. The molecule has 0 atom stereocenters. The van der Waals surface area contributed by atoms with E-state index in [0.717, 1.165) is 0 Å². The van der Waals surface area contributed by atoms with Gasteiger partial charge in [-0.05, 0) is 44.0 Å². The van der Waals surface area contributed by atoms with Crippen molar-refractivity contribution in [2.75, 3.05) is 26.0 Å². The Bertz CT molecular complexity index is 728. The maximum absolute atomic E-state index is 13.2. The first kappa shape index (κ1) is 19.6. The molecule has 140 valence electrons. The van der Waals surface area contributed by atoms with Crippen LogP contribution in [0.3, 0.4) is 0 Å². The first-order valence-corrected chi connectivity index (χ1v) is 9.58. The van der Waals surface area contributed by atoms with Crippen LogP contribution in [-0.2, 0) is 10.0 Å². The number of hydrogen-bond donors (Lipinski definition) is 3. The summed E-state index contributed by atoms with van der Waals surface area (Å²) in [5, 5.41) is 5.57. The Morgan fingerprint density at radius 2 is 1.88 bits per heavy atom.